The first-order chi connectivity index (χ1) is 13.2. The van der Waals surface area contributed by atoms with Crippen LogP contribution in [0.3, 0.4) is 0 Å². The molecule has 0 radical (unpaired) electrons. The van der Waals surface area contributed by atoms with Crippen molar-refractivity contribution in [2.75, 3.05) is 16.5 Å². The molecule has 0 saturated carbocycles. The summed E-state index contributed by atoms with van der Waals surface area (Å²) in [5.74, 6) is 0. The Bertz CT molecular complexity index is 958. The summed E-state index contributed by atoms with van der Waals surface area (Å²) in [7, 11) is 0. The molecule has 27 heavy (non-hydrogen) atoms. The fraction of sp³-hybridized carbons (Fsp3) is 0.0870. The summed E-state index contributed by atoms with van der Waals surface area (Å²) in [5.41, 5.74) is 17.6. The van der Waals surface area contributed by atoms with E-state index in [-0.39, 0.29) is 6.04 Å². The molecule has 1 unspecified atom stereocenters. The Labute approximate surface area is 159 Å². The normalized spacial score (nSPS) is 16.7. The Morgan fingerprint density at radius 2 is 1.41 bits per heavy atom. The second-order valence-corrected chi connectivity index (χ2v) is 6.66. The highest BCUT2D eigenvalue weighted by Gasteiger charge is 2.28. The second-order valence-electron chi connectivity index (χ2n) is 6.66. The molecule has 0 spiro atoms. The predicted molar refractivity (Wildman–Crippen MR) is 114 cm³/mol. The number of hydrogen-bond acceptors (Lipinski definition) is 4. The van der Waals surface area contributed by atoms with Gasteiger partial charge in [0, 0.05) is 17.8 Å². The van der Waals surface area contributed by atoms with Gasteiger partial charge in [-0.2, -0.15) is 5.10 Å². The molecule has 0 fully saturated rings. The predicted octanol–water partition coefficient (Wildman–Crippen LogP) is 4.87. The first kappa shape index (κ1) is 16.9. The van der Waals surface area contributed by atoms with E-state index in [4.69, 9.17) is 16.6 Å². The van der Waals surface area contributed by atoms with E-state index in [0.717, 1.165) is 34.8 Å². The van der Waals surface area contributed by atoms with Gasteiger partial charge in [-0.3, -0.25) is 5.01 Å². The average molecular weight is 354 g/mol. The van der Waals surface area contributed by atoms with Crippen LogP contribution in [0.2, 0.25) is 0 Å². The lowest BCUT2D eigenvalue weighted by Gasteiger charge is -2.24. The maximum Gasteiger partial charge on any atom is 0.0831 e. The first-order valence-electron chi connectivity index (χ1n) is 9.00. The van der Waals surface area contributed by atoms with Gasteiger partial charge in [-0.05, 0) is 53.6 Å². The molecule has 3 aromatic rings. The van der Waals surface area contributed by atoms with E-state index in [0.29, 0.717) is 0 Å². The van der Waals surface area contributed by atoms with Crippen LogP contribution in [0.5, 0.6) is 0 Å². The van der Waals surface area contributed by atoms with Crippen molar-refractivity contribution >= 4 is 28.8 Å². The highest BCUT2D eigenvalue weighted by molar-refractivity contribution is 6.01. The van der Waals surface area contributed by atoms with Crippen molar-refractivity contribution < 1.29 is 0 Å². The summed E-state index contributed by atoms with van der Waals surface area (Å²) in [5, 5.41) is 6.97. The van der Waals surface area contributed by atoms with Gasteiger partial charge in [0.05, 0.1) is 17.4 Å². The number of hydrogen-bond donors (Lipinski definition) is 2. The van der Waals surface area contributed by atoms with E-state index in [1.165, 1.54) is 5.56 Å². The van der Waals surface area contributed by atoms with Crippen LogP contribution in [-0.4, -0.2) is 5.71 Å². The van der Waals surface area contributed by atoms with Gasteiger partial charge in [-0.1, -0.05) is 48.5 Å². The second kappa shape index (κ2) is 7.38. The molecule has 4 heteroatoms. The van der Waals surface area contributed by atoms with Gasteiger partial charge in [0.25, 0.3) is 0 Å². The highest BCUT2D eigenvalue weighted by atomic mass is 15.5. The molecule has 0 bridgehead atoms. The van der Waals surface area contributed by atoms with Crippen LogP contribution in [0, 0.1) is 0 Å². The van der Waals surface area contributed by atoms with E-state index < -0.39 is 0 Å². The Hall–Kier alpha value is -3.53. The van der Waals surface area contributed by atoms with Crippen molar-refractivity contribution in [1.82, 2.24) is 0 Å². The van der Waals surface area contributed by atoms with Gasteiger partial charge in [-0.25, -0.2) is 0 Å². The van der Waals surface area contributed by atoms with Crippen LogP contribution in [0.1, 0.15) is 23.6 Å². The summed E-state index contributed by atoms with van der Waals surface area (Å²) >= 11 is 0. The number of hydrazone groups is 1. The van der Waals surface area contributed by atoms with E-state index in [9.17, 15) is 0 Å². The van der Waals surface area contributed by atoms with Gasteiger partial charge in [0.2, 0.25) is 0 Å². The molecule has 3 aromatic carbocycles. The van der Waals surface area contributed by atoms with Crippen molar-refractivity contribution in [3.8, 4) is 0 Å². The van der Waals surface area contributed by atoms with Crippen molar-refractivity contribution in [1.29, 1.82) is 0 Å². The van der Waals surface area contributed by atoms with Crippen LogP contribution in [-0.2, 0) is 0 Å². The number of para-hydroxylation sites is 1. The summed E-state index contributed by atoms with van der Waals surface area (Å²) in [6, 6.07) is 26.3. The van der Waals surface area contributed by atoms with Crippen molar-refractivity contribution in [3.63, 3.8) is 0 Å². The number of nitrogen functional groups attached to an aromatic ring is 2. The largest absolute Gasteiger partial charge is 0.399 e. The number of anilines is 3. The molecule has 0 amide bonds. The van der Waals surface area contributed by atoms with E-state index in [1.807, 2.05) is 54.6 Å². The zero-order chi connectivity index (χ0) is 18.6. The fourth-order valence-electron chi connectivity index (χ4n) is 3.23. The van der Waals surface area contributed by atoms with Crippen LogP contribution < -0.4 is 16.5 Å². The molecule has 0 saturated heterocycles. The Kier molecular flexibility index (Phi) is 4.62. The molecule has 1 atom stereocenters. The van der Waals surface area contributed by atoms with E-state index in [1.54, 1.807) is 0 Å². The summed E-state index contributed by atoms with van der Waals surface area (Å²) in [6.45, 7) is 0. The Morgan fingerprint density at radius 3 is 2.07 bits per heavy atom. The summed E-state index contributed by atoms with van der Waals surface area (Å²) < 4.78 is 0. The summed E-state index contributed by atoms with van der Waals surface area (Å²) in [4.78, 5) is 0. The molecule has 0 aliphatic carbocycles. The number of nitrogens with two attached hydrogens (primary N) is 2. The molecular weight excluding hydrogens is 332 g/mol. The molecule has 1 aliphatic rings. The lowest BCUT2D eigenvalue weighted by Crippen LogP contribution is -2.18. The van der Waals surface area contributed by atoms with Gasteiger partial charge in [-0.15, -0.1) is 0 Å². The lowest BCUT2D eigenvalue weighted by atomic mass is 10.0. The SMILES string of the molecule is Nc1ccc(C=CC2=NN(c3ccccc3)C(c3ccc(N)cc3)C2)cc1. The standard InChI is InChI=1S/C23H22N4/c24-19-11-6-17(7-12-19)8-15-21-16-23(18-9-13-20(25)14-10-18)27(26-21)22-4-2-1-3-5-22/h1-15,23H,16,24-25H2. The van der Waals surface area contributed by atoms with Crippen molar-refractivity contribution in [2.24, 2.45) is 5.10 Å². The van der Waals surface area contributed by atoms with Crippen molar-refractivity contribution in [3.05, 3.63) is 96.1 Å². The minimum absolute atomic E-state index is 0.152. The quantitative estimate of drug-likeness (QED) is 0.657. The van der Waals surface area contributed by atoms with Gasteiger partial charge in [0.15, 0.2) is 0 Å². The molecule has 4 nitrogen and oxygen atoms in total. The third-order valence-corrected chi connectivity index (χ3v) is 4.68. The van der Waals surface area contributed by atoms with Crippen LogP contribution in [0.25, 0.3) is 6.08 Å². The number of rotatable bonds is 4. The minimum atomic E-state index is 0.152. The lowest BCUT2D eigenvalue weighted by molar-refractivity contribution is 0.709. The Morgan fingerprint density at radius 1 is 0.778 bits per heavy atom. The zero-order valence-electron chi connectivity index (χ0n) is 15.0. The monoisotopic (exact) mass is 354 g/mol. The fourth-order valence-corrected chi connectivity index (χ4v) is 3.23. The van der Waals surface area contributed by atoms with E-state index >= 15 is 0 Å². The van der Waals surface area contributed by atoms with Crippen molar-refractivity contribution in [2.45, 2.75) is 12.5 Å². The maximum atomic E-state index is 5.86. The molecule has 4 rings (SSSR count). The number of nitrogens with zero attached hydrogens (tertiary/aromatic N) is 2. The van der Waals surface area contributed by atoms with Crippen LogP contribution >= 0.6 is 0 Å². The topological polar surface area (TPSA) is 67.6 Å². The van der Waals surface area contributed by atoms with E-state index in [2.05, 4.69) is 41.4 Å². The number of allylic oxidation sites excluding steroid dienone is 1. The maximum absolute atomic E-state index is 5.86. The Balaban J connectivity index is 1.63. The first-order valence-corrected chi connectivity index (χ1v) is 9.00. The van der Waals surface area contributed by atoms with Gasteiger partial charge in [0.1, 0.15) is 0 Å². The summed E-state index contributed by atoms with van der Waals surface area (Å²) in [6.07, 6.45) is 5.00. The van der Waals surface area contributed by atoms with Crippen LogP contribution in [0.4, 0.5) is 17.1 Å². The third kappa shape index (κ3) is 3.85. The average Bonchev–Trinajstić information content (AvgIpc) is 3.13. The molecule has 1 heterocycles. The zero-order valence-corrected chi connectivity index (χ0v) is 15.0. The number of benzene rings is 3. The molecule has 4 N–H and O–H groups in total. The molecule has 134 valence electrons. The third-order valence-electron chi connectivity index (χ3n) is 4.68. The van der Waals surface area contributed by atoms with Crippen LogP contribution in [0.15, 0.2) is 90.0 Å². The minimum Gasteiger partial charge on any atom is -0.399 e. The van der Waals surface area contributed by atoms with Gasteiger partial charge >= 0.3 is 0 Å². The smallest absolute Gasteiger partial charge is 0.0831 e. The molecule has 1 aliphatic heterocycles. The highest BCUT2D eigenvalue weighted by Crippen LogP contribution is 2.35. The molecular formula is C23H22N4. The van der Waals surface area contributed by atoms with Gasteiger partial charge < -0.3 is 11.5 Å². The molecule has 0 aromatic heterocycles.